The summed E-state index contributed by atoms with van der Waals surface area (Å²) in [6.45, 7) is 2.64. The summed E-state index contributed by atoms with van der Waals surface area (Å²) in [6.07, 6.45) is 0. The van der Waals surface area contributed by atoms with Gasteiger partial charge in [0.05, 0.1) is 0 Å². The zero-order valence-corrected chi connectivity index (χ0v) is 18.8. The van der Waals surface area contributed by atoms with E-state index in [-0.39, 0.29) is 25.0 Å². The van der Waals surface area contributed by atoms with Crippen molar-refractivity contribution < 1.29 is 33.9 Å². The van der Waals surface area contributed by atoms with Crippen molar-refractivity contribution in [1.82, 2.24) is 0 Å². The van der Waals surface area contributed by atoms with Crippen molar-refractivity contribution in [1.29, 1.82) is 0 Å². The maximum Gasteiger partial charge on any atom is 0.301 e. The standard InChI is InChI=1S/C24H22O3P.Rh/c1-18(25)23(19(2)26)24(27)28(20-12-6-3-7-13-20,21-14-8-4-9-15-21)22-16-10-5-11-17-22;/h3-17,23H,1-2H3;/q+1;. The van der Waals surface area contributed by atoms with E-state index in [1.165, 1.54) is 13.8 Å². The van der Waals surface area contributed by atoms with E-state index in [1.807, 2.05) is 91.0 Å². The first kappa shape index (κ1) is 23.0. The Kier molecular flexibility index (Phi) is 7.91. The fourth-order valence-electron chi connectivity index (χ4n) is 3.61. The first-order chi connectivity index (χ1) is 13.5. The fourth-order valence-corrected chi connectivity index (χ4v) is 7.88. The van der Waals surface area contributed by atoms with Gasteiger partial charge in [-0.1, -0.05) is 54.6 Å². The minimum absolute atomic E-state index is 0. The van der Waals surface area contributed by atoms with Crippen molar-refractivity contribution in [3.05, 3.63) is 91.0 Å². The van der Waals surface area contributed by atoms with Gasteiger partial charge in [-0.2, -0.15) is 0 Å². The minimum Gasteiger partial charge on any atom is -0.299 e. The van der Waals surface area contributed by atoms with Gasteiger partial charge in [0, 0.05) is 19.5 Å². The van der Waals surface area contributed by atoms with Crippen molar-refractivity contribution >= 4 is 40.3 Å². The van der Waals surface area contributed by atoms with E-state index in [4.69, 9.17) is 0 Å². The van der Waals surface area contributed by atoms with Crippen LogP contribution in [0.4, 0.5) is 0 Å². The number of Topliss-reactive ketones (excluding diaryl/α,β-unsaturated/α-hetero) is 2. The predicted molar refractivity (Wildman–Crippen MR) is 115 cm³/mol. The summed E-state index contributed by atoms with van der Waals surface area (Å²) in [7, 11) is -2.89. The van der Waals surface area contributed by atoms with Crippen molar-refractivity contribution in [3.8, 4) is 0 Å². The van der Waals surface area contributed by atoms with Gasteiger partial charge in [0.1, 0.15) is 15.9 Å². The molecule has 0 saturated carbocycles. The van der Waals surface area contributed by atoms with E-state index >= 15 is 0 Å². The number of hydrogen-bond acceptors (Lipinski definition) is 3. The maximum absolute atomic E-state index is 14.1. The number of benzene rings is 3. The van der Waals surface area contributed by atoms with E-state index in [2.05, 4.69) is 0 Å². The molecule has 3 rings (SSSR count). The molecule has 3 aromatic carbocycles. The first-order valence-electron chi connectivity index (χ1n) is 9.10. The Labute approximate surface area is 184 Å². The molecule has 1 radical (unpaired) electrons. The summed E-state index contributed by atoms with van der Waals surface area (Å²) in [5, 5.41) is 2.51. The molecule has 0 saturated heterocycles. The summed E-state index contributed by atoms with van der Waals surface area (Å²) in [5.74, 6) is -2.09. The third kappa shape index (κ3) is 4.34. The van der Waals surface area contributed by atoms with Gasteiger partial charge >= 0.3 is 5.52 Å². The molecular weight excluding hydrogens is 470 g/mol. The van der Waals surface area contributed by atoms with Crippen LogP contribution in [0.1, 0.15) is 13.8 Å². The van der Waals surface area contributed by atoms with Gasteiger partial charge in [0.25, 0.3) is 0 Å². The average Bonchev–Trinajstić information content (AvgIpc) is 2.70. The summed E-state index contributed by atoms with van der Waals surface area (Å²) >= 11 is 0. The van der Waals surface area contributed by atoms with Crippen LogP contribution in [-0.2, 0) is 33.9 Å². The molecule has 0 amide bonds. The third-order valence-corrected chi connectivity index (χ3v) is 8.96. The molecule has 0 spiro atoms. The number of carbonyl (C=O) groups is 3. The van der Waals surface area contributed by atoms with Crippen LogP contribution < -0.4 is 15.9 Å². The summed E-state index contributed by atoms with van der Waals surface area (Å²) in [5.41, 5.74) is -0.309. The molecule has 0 aliphatic heterocycles. The molecule has 0 aliphatic carbocycles. The van der Waals surface area contributed by atoms with Gasteiger partial charge in [0.15, 0.2) is 24.7 Å². The largest absolute Gasteiger partial charge is 0.301 e. The first-order valence-corrected chi connectivity index (χ1v) is 10.9. The SMILES string of the molecule is CC(=O)C(C(C)=O)C(=O)[P+](c1ccccc1)(c1ccccc1)c1ccccc1.[Rh]. The Balaban J connectivity index is 0.00000300. The molecule has 0 unspecified atom stereocenters. The van der Waals surface area contributed by atoms with E-state index in [1.54, 1.807) is 0 Å². The van der Waals surface area contributed by atoms with Gasteiger partial charge in [0.2, 0.25) is 0 Å². The van der Waals surface area contributed by atoms with Crippen molar-refractivity contribution in [2.24, 2.45) is 5.92 Å². The molecule has 3 aromatic rings. The molecule has 29 heavy (non-hydrogen) atoms. The van der Waals surface area contributed by atoms with Gasteiger partial charge in [-0.05, 0) is 50.2 Å². The Hall–Kier alpha value is -2.28. The topological polar surface area (TPSA) is 51.2 Å². The van der Waals surface area contributed by atoms with Crippen LogP contribution in [0.25, 0.3) is 0 Å². The number of hydrogen-bond donors (Lipinski definition) is 0. The third-order valence-electron chi connectivity index (χ3n) is 4.82. The number of ketones is 2. The Bertz CT molecular complexity index is 878. The van der Waals surface area contributed by atoms with E-state index < -0.39 is 24.7 Å². The molecule has 149 valence electrons. The zero-order chi connectivity index (χ0) is 20.1. The molecule has 5 heteroatoms. The van der Waals surface area contributed by atoms with Crippen LogP contribution in [0, 0.1) is 5.92 Å². The van der Waals surface area contributed by atoms with Crippen LogP contribution in [0.2, 0.25) is 0 Å². The Morgan fingerprint density at radius 3 is 1.10 bits per heavy atom. The van der Waals surface area contributed by atoms with Crippen molar-refractivity contribution in [3.63, 3.8) is 0 Å². The monoisotopic (exact) mass is 492 g/mol. The second-order valence-corrected chi connectivity index (χ2v) is 10.0. The van der Waals surface area contributed by atoms with Gasteiger partial charge < -0.3 is 0 Å². The Morgan fingerprint density at radius 2 is 0.862 bits per heavy atom. The molecule has 0 aromatic heterocycles. The summed E-state index contributed by atoms with van der Waals surface area (Å²) < 4.78 is 0. The average molecular weight is 492 g/mol. The smallest absolute Gasteiger partial charge is 0.299 e. The quantitative estimate of drug-likeness (QED) is 0.289. The molecule has 0 fully saturated rings. The van der Waals surface area contributed by atoms with Crippen LogP contribution in [0.5, 0.6) is 0 Å². The van der Waals surface area contributed by atoms with Crippen LogP contribution in [0.3, 0.4) is 0 Å². The number of rotatable bonds is 7. The summed E-state index contributed by atoms with van der Waals surface area (Å²) in [4.78, 5) is 38.7. The van der Waals surface area contributed by atoms with Crippen LogP contribution in [-0.4, -0.2) is 17.1 Å². The number of carbonyl (C=O) groups excluding carboxylic acids is 3. The van der Waals surface area contributed by atoms with E-state index in [9.17, 15) is 14.4 Å². The van der Waals surface area contributed by atoms with Crippen LogP contribution in [0.15, 0.2) is 91.0 Å². The van der Waals surface area contributed by atoms with E-state index in [0.717, 1.165) is 15.9 Å². The van der Waals surface area contributed by atoms with Crippen LogP contribution >= 0.6 is 7.26 Å². The molecule has 0 bridgehead atoms. The minimum atomic E-state index is -2.89. The van der Waals surface area contributed by atoms with E-state index in [0.29, 0.717) is 0 Å². The molecule has 0 heterocycles. The molecule has 0 aliphatic rings. The second-order valence-electron chi connectivity index (χ2n) is 6.67. The Morgan fingerprint density at radius 1 is 0.586 bits per heavy atom. The molecule has 0 N–H and O–H groups in total. The summed E-state index contributed by atoms with van der Waals surface area (Å²) in [6, 6.07) is 28.5. The molecular formula is C24H22O3PRh+. The molecule has 3 nitrogen and oxygen atoms in total. The van der Waals surface area contributed by atoms with Gasteiger partial charge in [-0.15, -0.1) is 0 Å². The predicted octanol–water partition coefficient (Wildman–Crippen LogP) is 3.30. The maximum atomic E-state index is 14.1. The van der Waals surface area contributed by atoms with Gasteiger partial charge in [-0.25, -0.2) is 0 Å². The fraction of sp³-hybridized carbons (Fsp3) is 0.125. The zero-order valence-electron chi connectivity index (χ0n) is 16.2. The van der Waals surface area contributed by atoms with Gasteiger partial charge in [-0.3, -0.25) is 14.4 Å². The second kappa shape index (κ2) is 9.96. The van der Waals surface area contributed by atoms with Crippen molar-refractivity contribution in [2.75, 3.05) is 0 Å². The van der Waals surface area contributed by atoms with Crippen molar-refractivity contribution in [2.45, 2.75) is 13.8 Å². The molecule has 0 atom stereocenters. The normalized spacial score (nSPS) is 10.9.